The lowest BCUT2D eigenvalue weighted by Crippen LogP contribution is -2.26. The molecule has 4 saturated carbocycles. The third-order valence-corrected chi connectivity index (χ3v) is 8.83. The van der Waals surface area contributed by atoms with Crippen LogP contribution >= 0.6 is 0 Å². The maximum atomic E-state index is 5.51. The van der Waals surface area contributed by atoms with Crippen LogP contribution in [0.25, 0.3) is 0 Å². The molecule has 4 fully saturated rings. The van der Waals surface area contributed by atoms with E-state index >= 15 is 0 Å². The molecule has 0 amide bonds. The Morgan fingerprint density at radius 1 is 0.375 bits per heavy atom. The number of hydrogen-bond acceptors (Lipinski definition) is 2. The third-order valence-electron chi connectivity index (χ3n) is 8.83. The van der Waals surface area contributed by atoms with Gasteiger partial charge in [0.25, 0.3) is 0 Å². The molecule has 0 aliphatic heterocycles. The van der Waals surface area contributed by atoms with Crippen LogP contribution in [-0.4, -0.2) is 9.97 Å². The summed E-state index contributed by atoms with van der Waals surface area (Å²) in [6.07, 6.45) is 14.4. The fourth-order valence-corrected chi connectivity index (χ4v) is 8.28. The van der Waals surface area contributed by atoms with E-state index in [0.29, 0.717) is 0 Å². The molecule has 0 atom stereocenters. The van der Waals surface area contributed by atoms with Gasteiger partial charge < -0.3 is 0 Å². The van der Waals surface area contributed by atoms with Gasteiger partial charge in [0.2, 0.25) is 0 Å². The fourth-order valence-electron chi connectivity index (χ4n) is 8.28. The number of rotatable bonds is 0. The standard InChI is InChI=1S/C22H28N2/c1-11-3-15-5-12(1)6-16(4-11)20-19(15)23-21-17-7-13-2-14(8-17)10-18(9-13)22(21)24-20/h11-18H,1-10H2. The lowest BCUT2D eigenvalue weighted by atomic mass is 9.67. The quantitative estimate of drug-likeness (QED) is 0.652. The van der Waals surface area contributed by atoms with Gasteiger partial charge in [-0.05, 0) is 87.9 Å². The smallest absolute Gasteiger partial charge is 0.0656 e. The van der Waals surface area contributed by atoms with Gasteiger partial charge in [0, 0.05) is 23.7 Å². The van der Waals surface area contributed by atoms with Gasteiger partial charge >= 0.3 is 0 Å². The van der Waals surface area contributed by atoms with Gasteiger partial charge in [-0.3, -0.25) is 9.97 Å². The predicted molar refractivity (Wildman–Crippen MR) is 93.1 cm³/mol. The first kappa shape index (κ1) is 13.3. The summed E-state index contributed by atoms with van der Waals surface area (Å²) < 4.78 is 0. The highest BCUT2D eigenvalue weighted by Gasteiger charge is 2.47. The molecule has 0 spiro atoms. The highest BCUT2D eigenvalue weighted by molar-refractivity contribution is 5.35. The predicted octanol–water partition coefficient (Wildman–Crippen LogP) is 5.26. The summed E-state index contributed by atoms with van der Waals surface area (Å²) in [5.41, 5.74) is 5.96. The summed E-state index contributed by atoms with van der Waals surface area (Å²) >= 11 is 0. The zero-order chi connectivity index (χ0) is 15.4. The van der Waals surface area contributed by atoms with E-state index < -0.39 is 0 Å². The molecule has 1 heterocycles. The summed E-state index contributed by atoms with van der Waals surface area (Å²) in [7, 11) is 0. The van der Waals surface area contributed by atoms with Gasteiger partial charge in [-0.15, -0.1) is 0 Å². The van der Waals surface area contributed by atoms with Gasteiger partial charge in [0.15, 0.2) is 0 Å². The molecule has 0 radical (unpaired) electrons. The lowest BCUT2D eigenvalue weighted by molar-refractivity contribution is 0.161. The average molecular weight is 320 g/mol. The van der Waals surface area contributed by atoms with E-state index in [1.165, 1.54) is 87.0 Å². The summed E-state index contributed by atoms with van der Waals surface area (Å²) in [5, 5.41) is 0. The zero-order valence-electron chi connectivity index (χ0n) is 14.6. The van der Waals surface area contributed by atoms with Crippen LogP contribution in [-0.2, 0) is 0 Å². The monoisotopic (exact) mass is 320 g/mol. The Morgan fingerprint density at radius 2 is 0.625 bits per heavy atom. The van der Waals surface area contributed by atoms with Crippen molar-refractivity contribution in [1.29, 1.82) is 0 Å². The molecule has 8 bridgehead atoms. The first-order valence-electron chi connectivity index (χ1n) is 10.7. The molecule has 24 heavy (non-hydrogen) atoms. The molecule has 0 unspecified atom stereocenters. The van der Waals surface area contributed by atoms with Gasteiger partial charge in [0.05, 0.1) is 22.8 Å². The first-order chi connectivity index (χ1) is 11.8. The van der Waals surface area contributed by atoms with E-state index in [2.05, 4.69) is 0 Å². The van der Waals surface area contributed by atoms with Crippen molar-refractivity contribution in [3.63, 3.8) is 0 Å². The molecule has 2 heteroatoms. The second kappa shape index (κ2) is 4.43. The summed E-state index contributed by atoms with van der Waals surface area (Å²) in [6.45, 7) is 0. The zero-order valence-corrected chi connectivity index (χ0v) is 14.6. The van der Waals surface area contributed by atoms with Gasteiger partial charge in [-0.2, -0.15) is 0 Å². The first-order valence-corrected chi connectivity index (χ1v) is 10.7. The van der Waals surface area contributed by atoms with Crippen molar-refractivity contribution in [2.75, 3.05) is 0 Å². The Morgan fingerprint density at radius 3 is 0.875 bits per heavy atom. The Kier molecular flexibility index (Phi) is 2.45. The van der Waals surface area contributed by atoms with Crippen molar-refractivity contribution in [2.24, 2.45) is 23.7 Å². The Hall–Kier alpha value is -0.920. The van der Waals surface area contributed by atoms with E-state index in [1.54, 1.807) is 0 Å². The Labute approximate surface area is 144 Å². The van der Waals surface area contributed by atoms with E-state index in [0.717, 1.165) is 47.3 Å². The molecule has 1 aromatic rings. The molecule has 9 rings (SSSR count). The van der Waals surface area contributed by atoms with E-state index in [9.17, 15) is 0 Å². The van der Waals surface area contributed by atoms with Crippen LogP contribution in [0.5, 0.6) is 0 Å². The maximum Gasteiger partial charge on any atom is 0.0656 e. The largest absolute Gasteiger partial charge is 0.253 e. The van der Waals surface area contributed by atoms with E-state index in [-0.39, 0.29) is 0 Å². The topological polar surface area (TPSA) is 25.8 Å². The summed E-state index contributed by atoms with van der Waals surface area (Å²) in [4.78, 5) is 11.0. The summed E-state index contributed by atoms with van der Waals surface area (Å²) in [6, 6.07) is 0. The molecule has 8 aliphatic rings. The van der Waals surface area contributed by atoms with Crippen molar-refractivity contribution in [1.82, 2.24) is 9.97 Å². The average Bonchev–Trinajstić information content (AvgIpc) is 2.84. The Bertz CT molecular complexity index is 585. The summed E-state index contributed by atoms with van der Waals surface area (Å²) in [5.74, 6) is 6.95. The maximum absolute atomic E-state index is 5.51. The minimum absolute atomic E-state index is 0.756. The molecule has 0 aromatic carbocycles. The van der Waals surface area contributed by atoms with E-state index in [4.69, 9.17) is 9.97 Å². The number of aromatic nitrogens is 2. The van der Waals surface area contributed by atoms with Crippen molar-refractivity contribution in [3.8, 4) is 0 Å². The highest BCUT2D eigenvalue weighted by atomic mass is 14.9. The minimum Gasteiger partial charge on any atom is -0.253 e. The van der Waals surface area contributed by atoms with Crippen molar-refractivity contribution < 1.29 is 0 Å². The van der Waals surface area contributed by atoms with Gasteiger partial charge in [0.1, 0.15) is 0 Å². The third kappa shape index (κ3) is 1.68. The van der Waals surface area contributed by atoms with Crippen LogP contribution in [0.1, 0.15) is 111 Å². The van der Waals surface area contributed by atoms with Crippen molar-refractivity contribution in [3.05, 3.63) is 22.8 Å². The second-order valence-corrected chi connectivity index (χ2v) is 10.4. The van der Waals surface area contributed by atoms with Crippen LogP contribution in [0.4, 0.5) is 0 Å². The highest BCUT2D eigenvalue weighted by Crippen LogP contribution is 2.58. The molecule has 0 N–H and O–H groups in total. The molecule has 2 nitrogen and oxygen atoms in total. The molecular formula is C22H28N2. The molecule has 8 aliphatic carbocycles. The molecule has 0 saturated heterocycles. The van der Waals surface area contributed by atoms with Crippen LogP contribution < -0.4 is 0 Å². The van der Waals surface area contributed by atoms with E-state index in [1.807, 2.05) is 0 Å². The minimum atomic E-state index is 0.756. The fraction of sp³-hybridized carbons (Fsp3) is 0.818. The Balaban J connectivity index is 1.43. The normalized spacial score (nSPS) is 49.7. The van der Waals surface area contributed by atoms with Crippen molar-refractivity contribution >= 4 is 0 Å². The van der Waals surface area contributed by atoms with Crippen molar-refractivity contribution in [2.45, 2.75) is 87.9 Å². The number of nitrogens with zero attached hydrogens (tertiary/aromatic N) is 2. The SMILES string of the molecule is C1C2CC3CC1CC(C2)c1nc2c(nc13)C1CC3CC(C1)CC2C3. The van der Waals surface area contributed by atoms with Crippen LogP contribution in [0, 0.1) is 23.7 Å². The molecule has 126 valence electrons. The molecular weight excluding hydrogens is 292 g/mol. The van der Waals surface area contributed by atoms with Crippen LogP contribution in [0.3, 0.4) is 0 Å². The lowest BCUT2D eigenvalue weighted by Gasteiger charge is -2.38. The van der Waals surface area contributed by atoms with Gasteiger partial charge in [-0.25, -0.2) is 0 Å². The molecule has 1 aromatic heterocycles. The van der Waals surface area contributed by atoms with Crippen LogP contribution in [0.15, 0.2) is 0 Å². The van der Waals surface area contributed by atoms with Gasteiger partial charge in [-0.1, -0.05) is 0 Å². The second-order valence-electron chi connectivity index (χ2n) is 10.4. The van der Waals surface area contributed by atoms with Crippen LogP contribution in [0.2, 0.25) is 0 Å². The number of hydrogen-bond donors (Lipinski definition) is 0.